The fraction of sp³-hybridized carbons (Fsp3) is 0.533. The summed E-state index contributed by atoms with van der Waals surface area (Å²) in [7, 11) is -3.47. The van der Waals surface area contributed by atoms with Crippen LogP contribution in [0.1, 0.15) is 30.1 Å². The van der Waals surface area contributed by atoms with Crippen LogP contribution in [0, 0.1) is 5.82 Å². The van der Waals surface area contributed by atoms with Crippen molar-refractivity contribution in [2.45, 2.75) is 30.7 Å². The van der Waals surface area contributed by atoms with Gasteiger partial charge in [-0.3, -0.25) is 9.69 Å². The molecule has 0 spiro atoms. The zero-order valence-electron chi connectivity index (χ0n) is 12.8. The van der Waals surface area contributed by atoms with E-state index >= 15 is 0 Å². The molecule has 0 radical (unpaired) electrons. The lowest BCUT2D eigenvalue weighted by Crippen LogP contribution is -2.40. The summed E-state index contributed by atoms with van der Waals surface area (Å²) in [5.74, 6) is -1.30. The maximum Gasteiger partial charge on any atom is 0.254 e. The molecule has 0 bridgehead atoms. The Morgan fingerprint density at radius 1 is 1.45 bits per heavy atom. The monoisotopic (exact) mass is 328 g/mol. The van der Waals surface area contributed by atoms with Gasteiger partial charge in [-0.2, -0.15) is 0 Å². The van der Waals surface area contributed by atoms with Gasteiger partial charge in [0, 0.05) is 18.8 Å². The fourth-order valence-electron chi connectivity index (χ4n) is 2.76. The second-order valence-corrected chi connectivity index (χ2v) is 7.56. The Labute approximate surface area is 130 Å². The highest BCUT2D eigenvalue weighted by Gasteiger charge is 2.24. The molecule has 1 atom stereocenters. The van der Waals surface area contributed by atoms with Crippen LogP contribution in [0.2, 0.25) is 0 Å². The normalized spacial score (nSPS) is 19.3. The molecule has 0 aromatic heterocycles. The molecule has 1 saturated heterocycles. The highest BCUT2D eigenvalue weighted by molar-refractivity contribution is 7.90. The number of carbonyl (C=O) groups is 1. The molecule has 22 heavy (non-hydrogen) atoms. The van der Waals surface area contributed by atoms with Crippen molar-refractivity contribution in [1.29, 1.82) is 0 Å². The number of likely N-dealkylation sites (tertiary alicyclic amines) is 1. The molecule has 1 aliphatic heterocycles. The van der Waals surface area contributed by atoms with Crippen LogP contribution in [0.3, 0.4) is 0 Å². The minimum Gasteiger partial charge on any atom is -0.350 e. The Balaban J connectivity index is 2.09. The first-order chi connectivity index (χ1) is 10.3. The summed E-state index contributed by atoms with van der Waals surface area (Å²) in [6, 6.07) is 3.53. The maximum atomic E-state index is 13.8. The van der Waals surface area contributed by atoms with E-state index in [0.29, 0.717) is 6.54 Å². The Bertz CT molecular complexity index is 661. The number of rotatable bonds is 5. The van der Waals surface area contributed by atoms with Crippen LogP contribution >= 0.6 is 0 Å². The van der Waals surface area contributed by atoms with E-state index in [1.807, 2.05) is 0 Å². The Hall–Kier alpha value is -1.47. The Morgan fingerprint density at radius 2 is 2.18 bits per heavy atom. The lowest BCUT2D eigenvalue weighted by molar-refractivity contribution is 0.0937. The zero-order chi connectivity index (χ0) is 16.3. The summed E-state index contributed by atoms with van der Waals surface area (Å²) < 4.78 is 36.8. The number of carbonyl (C=O) groups excluding carboxylic acids is 1. The van der Waals surface area contributed by atoms with Gasteiger partial charge in [0.1, 0.15) is 5.82 Å². The van der Waals surface area contributed by atoms with E-state index in [-0.39, 0.29) is 16.5 Å². The second kappa shape index (κ2) is 6.75. The number of nitrogens with one attached hydrogen (secondary N) is 1. The minimum atomic E-state index is -3.47. The number of hydrogen-bond donors (Lipinski definition) is 1. The molecular weight excluding hydrogens is 307 g/mol. The summed E-state index contributed by atoms with van der Waals surface area (Å²) in [5.41, 5.74) is -0.232. The van der Waals surface area contributed by atoms with Crippen LogP contribution in [0.25, 0.3) is 0 Å². The summed E-state index contributed by atoms with van der Waals surface area (Å²) in [5, 5.41) is 2.71. The van der Waals surface area contributed by atoms with Crippen molar-refractivity contribution in [2.24, 2.45) is 0 Å². The number of sulfone groups is 1. The highest BCUT2D eigenvalue weighted by atomic mass is 32.2. The molecule has 1 fully saturated rings. The van der Waals surface area contributed by atoms with Gasteiger partial charge in [-0.05, 0) is 44.1 Å². The largest absolute Gasteiger partial charge is 0.350 e. The number of likely N-dealkylation sites (N-methyl/N-ethyl adjacent to an activating group) is 1. The van der Waals surface area contributed by atoms with Crippen LogP contribution in [-0.2, 0) is 9.84 Å². The first-order valence-corrected chi connectivity index (χ1v) is 9.24. The quantitative estimate of drug-likeness (QED) is 0.831. The maximum absolute atomic E-state index is 13.8. The van der Waals surface area contributed by atoms with E-state index in [1.54, 1.807) is 0 Å². The molecule has 0 saturated carbocycles. The number of halogens is 1. The molecular formula is C15H21FN2O3S. The topological polar surface area (TPSA) is 66.5 Å². The van der Waals surface area contributed by atoms with Crippen LogP contribution in [0.4, 0.5) is 4.39 Å². The van der Waals surface area contributed by atoms with Gasteiger partial charge in [0.05, 0.1) is 10.5 Å². The van der Waals surface area contributed by atoms with Crippen molar-refractivity contribution < 1.29 is 17.6 Å². The summed E-state index contributed by atoms with van der Waals surface area (Å²) in [6.07, 6.45) is 3.12. The lowest BCUT2D eigenvalue weighted by Gasteiger charge is -2.22. The molecule has 1 unspecified atom stereocenters. The Morgan fingerprint density at radius 3 is 2.82 bits per heavy atom. The SMILES string of the molecule is CCN1CCCC1CNC(=O)c1cc(S(C)(=O)=O)ccc1F. The van der Waals surface area contributed by atoms with Crippen LogP contribution in [0.15, 0.2) is 23.1 Å². The molecule has 122 valence electrons. The predicted molar refractivity (Wildman–Crippen MR) is 82.1 cm³/mol. The first kappa shape index (κ1) is 16.9. The van der Waals surface area contributed by atoms with Gasteiger partial charge in [0.25, 0.3) is 5.91 Å². The first-order valence-electron chi connectivity index (χ1n) is 7.34. The minimum absolute atomic E-state index is 0.0601. The van der Waals surface area contributed by atoms with E-state index < -0.39 is 21.6 Å². The van der Waals surface area contributed by atoms with Crippen LogP contribution in [0.5, 0.6) is 0 Å². The van der Waals surface area contributed by atoms with Crippen molar-refractivity contribution in [3.05, 3.63) is 29.6 Å². The molecule has 0 aliphatic carbocycles. The molecule has 1 aromatic carbocycles. The second-order valence-electron chi connectivity index (χ2n) is 5.55. The summed E-state index contributed by atoms with van der Waals surface area (Å²) >= 11 is 0. The average molecular weight is 328 g/mol. The molecule has 2 rings (SSSR count). The third kappa shape index (κ3) is 3.84. The van der Waals surface area contributed by atoms with E-state index in [1.165, 1.54) is 0 Å². The number of benzene rings is 1. The standard InChI is InChI=1S/C15H21FN2O3S/c1-3-18-8-4-5-11(18)10-17-15(19)13-9-12(22(2,20)21)6-7-14(13)16/h6-7,9,11H,3-5,8,10H2,1-2H3,(H,17,19). The zero-order valence-corrected chi connectivity index (χ0v) is 13.6. The van der Waals surface area contributed by atoms with Crippen molar-refractivity contribution >= 4 is 15.7 Å². The van der Waals surface area contributed by atoms with E-state index in [2.05, 4.69) is 17.1 Å². The van der Waals surface area contributed by atoms with Gasteiger partial charge in [-0.15, -0.1) is 0 Å². The molecule has 1 heterocycles. The van der Waals surface area contributed by atoms with E-state index in [4.69, 9.17) is 0 Å². The van der Waals surface area contributed by atoms with Gasteiger partial charge in [0.15, 0.2) is 9.84 Å². The summed E-state index contributed by atoms with van der Waals surface area (Å²) in [6.45, 7) is 4.43. The van der Waals surface area contributed by atoms with Crippen molar-refractivity contribution in [3.8, 4) is 0 Å². The molecule has 1 N–H and O–H groups in total. The van der Waals surface area contributed by atoms with Crippen molar-refractivity contribution in [3.63, 3.8) is 0 Å². The number of hydrogen-bond acceptors (Lipinski definition) is 4. The third-order valence-electron chi connectivity index (χ3n) is 4.01. The molecule has 1 aliphatic rings. The fourth-order valence-corrected chi connectivity index (χ4v) is 3.40. The number of amides is 1. The lowest BCUT2D eigenvalue weighted by atomic mass is 10.1. The van der Waals surface area contributed by atoms with Gasteiger partial charge in [-0.1, -0.05) is 6.92 Å². The van der Waals surface area contributed by atoms with E-state index in [9.17, 15) is 17.6 Å². The van der Waals surface area contributed by atoms with Gasteiger partial charge in [0.2, 0.25) is 0 Å². The van der Waals surface area contributed by atoms with Crippen molar-refractivity contribution in [2.75, 3.05) is 25.9 Å². The van der Waals surface area contributed by atoms with E-state index in [0.717, 1.165) is 50.4 Å². The highest BCUT2D eigenvalue weighted by Crippen LogP contribution is 2.17. The third-order valence-corrected chi connectivity index (χ3v) is 5.12. The average Bonchev–Trinajstić information content (AvgIpc) is 2.91. The predicted octanol–water partition coefficient (Wildman–Crippen LogP) is 1.44. The van der Waals surface area contributed by atoms with Gasteiger partial charge in [-0.25, -0.2) is 12.8 Å². The smallest absolute Gasteiger partial charge is 0.254 e. The van der Waals surface area contributed by atoms with Crippen molar-refractivity contribution in [1.82, 2.24) is 10.2 Å². The number of nitrogens with zero attached hydrogens (tertiary/aromatic N) is 1. The van der Waals surface area contributed by atoms with Crippen LogP contribution in [-0.4, -0.2) is 51.2 Å². The Kier molecular flexibility index (Phi) is 5.18. The summed E-state index contributed by atoms with van der Waals surface area (Å²) in [4.78, 5) is 14.3. The molecule has 7 heteroatoms. The van der Waals surface area contributed by atoms with Gasteiger partial charge < -0.3 is 5.32 Å². The molecule has 5 nitrogen and oxygen atoms in total. The van der Waals surface area contributed by atoms with Crippen LogP contribution < -0.4 is 5.32 Å². The molecule has 1 amide bonds. The molecule has 1 aromatic rings. The van der Waals surface area contributed by atoms with Gasteiger partial charge >= 0.3 is 0 Å².